The maximum Gasteiger partial charge on any atom is 0.313 e. The zero-order valence-corrected chi connectivity index (χ0v) is 8.46. The molecule has 0 aromatic rings. The van der Waals surface area contributed by atoms with Gasteiger partial charge in [-0.3, -0.25) is 9.59 Å². The van der Waals surface area contributed by atoms with Gasteiger partial charge < -0.3 is 4.74 Å². The van der Waals surface area contributed by atoms with Gasteiger partial charge in [-0.25, -0.2) is 20.4 Å². The van der Waals surface area contributed by atoms with E-state index in [9.17, 15) is 9.59 Å². The number of hydrogen-bond donors (Lipinski definition) is 2. The Morgan fingerprint density at radius 3 is 1.69 bits per heavy atom. The van der Waals surface area contributed by atoms with Crippen LogP contribution in [0.4, 0.5) is 0 Å². The first kappa shape index (κ1) is 23.6. The lowest BCUT2D eigenvalue weighted by atomic mass is 10.3. The monoisotopic (exact) mass is 232 g/mol. The topological polar surface area (TPSA) is 125 Å². The van der Waals surface area contributed by atoms with Crippen molar-refractivity contribution in [1.29, 1.82) is 10.8 Å². The molecule has 92 valence electrons. The molecule has 7 heteroatoms. The summed E-state index contributed by atoms with van der Waals surface area (Å²) in [6.45, 7) is 3.40. The molecule has 0 aliphatic rings. The molecule has 7 nitrogen and oxygen atoms in total. The largest absolute Gasteiger partial charge is 0.466 e. The zero-order chi connectivity index (χ0) is 12.7. The van der Waals surface area contributed by atoms with E-state index in [0.717, 1.165) is 12.2 Å². The minimum atomic E-state index is -0.440. The van der Waals surface area contributed by atoms with E-state index in [4.69, 9.17) is 20.4 Å². The number of nitrogens with one attached hydrogen (secondary N) is 2. The van der Waals surface area contributed by atoms with Gasteiger partial charge in [-0.05, 0) is 13.8 Å². The number of ketones is 1. The van der Waals surface area contributed by atoms with E-state index in [1.807, 2.05) is 0 Å². The van der Waals surface area contributed by atoms with Gasteiger partial charge in [0.25, 0.3) is 0 Å². The standard InChI is InChI=1S/C6H10O3.2CHNO.CH4/c1-3-9-6(8)4-5(2)7;2*2-1-3;/h3-4H2,1-2H3;2*2H;1H4. The molecular formula is C9H16N2O5. The molecule has 0 spiro atoms. The number of isocyanates is 2. The average molecular weight is 232 g/mol. The Morgan fingerprint density at radius 1 is 1.19 bits per heavy atom. The second kappa shape index (κ2) is 23.1. The van der Waals surface area contributed by atoms with E-state index in [2.05, 4.69) is 4.74 Å². The molecule has 0 aromatic carbocycles. The van der Waals surface area contributed by atoms with Crippen molar-refractivity contribution in [2.24, 2.45) is 0 Å². The predicted octanol–water partition coefficient (Wildman–Crippen LogP) is 0.967. The number of carbonyl (C=O) groups excluding carboxylic acids is 4. The quantitative estimate of drug-likeness (QED) is 0.324. The van der Waals surface area contributed by atoms with E-state index >= 15 is 0 Å². The average Bonchev–Trinajstić information content (AvgIpc) is 2.05. The fraction of sp³-hybridized carbons (Fsp3) is 0.556. The molecule has 0 rings (SSSR count). The number of Topliss-reactive ketones (excluding diaryl/α,β-unsaturated/α-hetero) is 1. The predicted molar refractivity (Wildman–Crippen MR) is 55.5 cm³/mol. The molecular weight excluding hydrogens is 216 g/mol. The maximum absolute atomic E-state index is 10.4. The number of hydrogen-bond acceptors (Lipinski definition) is 7. The number of carbonyl (C=O) groups is 2. The molecule has 0 saturated carbocycles. The van der Waals surface area contributed by atoms with Crippen molar-refractivity contribution < 1.29 is 23.9 Å². The molecule has 0 aromatic heterocycles. The summed E-state index contributed by atoms with van der Waals surface area (Å²) in [5.41, 5.74) is 0. The molecule has 0 aliphatic carbocycles. The van der Waals surface area contributed by atoms with Crippen molar-refractivity contribution in [3.63, 3.8) is 0 Å². The number of rotatable bonds is 3. The van der Waals surface area contributed by atoms with Crippen LogP contribution in [0, 0.1) is 10.8 Å². The molecule has 0 unspecified atom stereocenters. The van der Waals surface area contributed by atoms with Crippen LogP contribution in [-0.4, -0.2) is 30.5 Å². The van der Waals surface area contributed by atoms with Gasteiger partial charge in [-0.15, -0.1) is 0 Å². The Hall–Kier alpha value is -2.10. The van der Waals surface area contributed by atoms with Crippen molar-refractivity contribution >= 4 is 23.9 Å². The van der Waals surface area contributed by atoms with Crippen LogP contribution < -0.4 is 0 Å². The minimum Gasteiger partial charge on any atom is -0.466 e. The summed E-state index contributed by atoms with van der Waals surface area (Å²) in [6.07, 6.45) is 1.40. The summed E-state index contributed by atoms with van der Waals surface area (Å²) in [4.78, 5) is 37.3. The molecule has 0 bridgehead atoms. The van der Waals surface area contributed by atoms with Crippen LogP contribution in [-0.2, 0) is 23.9 Å². The molecule has 0 atom stereocenters. The fourth-order valence-corrected chi connectivity index (χ4v) is 0.415. The van der Waals surface area contributed by atoms with Crippen LogP contribution in [0.25, 0.3) is 0 Å². The summed E-state index contributed by atoms with van der Waals surface area (Å²) in [5.74, 6) is -0.599. The Bertz CT molecular complexity index is 239. The molecule has 2 N–H and O–H groups in total. The highest BCUT2D eigenvalue weighted by atomic mass is 16.5. The minimum absolute atomic E-state index is 0. The van der Waals surface area contributed by atoms with Crippen molar-refractivity contribution in [2.75, 3.05) is 6.61 Å². The van der Waals surface area contributed by atoms with Gasteiger partial charge in [0.1, 0.15) is 12.2 Å². The van der Waals surface area contributed by atoms with E-state index in [-0.39, 0.29) is 19.6 Å². The van der Waals surface area contributed by atoms with Gasteiger partial charge in [-0.1, -0.05) is 7.43 Å². The van der Waals surface area contributed by atoms with Gasteiger partial charge in [0, 0.05) is 0 Å². The van der Waals surface area contributed by atoms with Gasteiger partial charge in [-0.2, -0.15) is 0 Å². The van der Waals surface area contributed by atoms with E-state index in [1.165, 1.54) is 6.92 Å². The molecule has 0 amide bonds. The highest BCUT2D eigenvalue weighted by molar-refractivity contribution is 5.94. The summed E-state index contributed by atoms with van der Waals surface area (Å²) in [5, 5.41) is 10.8. The maximum atomic E-state index is 10.4. The molecule has 0 heterocycles. The van der Waals surface area contributed by atoms with Crippen LogP contribution in [0.1, 0.15) is 27.7 Å². The third-order valence-electron chi connectivity index (χ3n) is 0.699. The highest BCUT2D eigenvalue weighted by Gasteiger charge is 2.03. The summed E-state index contributed by atoms with van der Waals surface area (Å²) < 4.78 is 4.49. The zero-order valence-electron chi connectivity index (χ0n) is 8.46. The third-order valence-corrected chi connectivity index (χ3v) is 0.699. The van der Waals surface area contributed by atoms with Crippen LogP contribution in [0.2, 0.25) is 0 Å². The van der Waals surface area contributed by atoms with Gasteiger partial charge in [0.2, 0.25) is 12.2 Å². The molecule has 0 radical (unpaired) electrons. The van der Waals surface area contributed by atoms with Crippen LogP contribution >= 0.6 is 0 Å². The first-order valence-electron chi connectivity index (χ1n) is 3.72. The Labute approximate surface area is 93.8 Å². The summed E-state index contributed by atoms with van der Waals surface area (Å²) in [6, 6.07) is 0. The first-order valence-corrected chi connectivity index (χ1v) is 3.72. The molecule has 0 fully saturated rings. The smallest absolute Gasteiger partial charge is 0.313 e. The lowest BCUT2D eigenvalue weighted by Crippen LogP contribution is -2.07. The Balaban J connectivity index is -0.0000000870. The van der Waals surface area contributed by atoms with Gasteiger partial charge >= 0.3 is 5.97 Å². The Kier molecular flexibility index (Phi) is 34.0. The first-order chi connectivity index (χ1) is 6.99. The molecule has 0 aliphatic heterocycles. The second-order valence-electron chi connectivity index (χ2n) is 1.89. The lowest BCUT2D eigenvalue weighted by Gasteiger charge is -1.96. The summed E-state index contributed by atoms with van der Waals surface area (Å²) in [7, 11) is 0. The van der Waals surface area contributed by atoms with Crippen molar-refractivity contribution in [1.82, 2.24) is 0 Å². The van der Waals surface area contributed by atoms with E-state index < -0.39 is 5.97 Å². The van der Waals surface area contributed by atoms with Crippen LogP contribution in [0.5, 0.6) is 0 Å². The lowest BCUT2D eigenvalue weighted by molar-refractivity contribution is -0.145. The van der Waals surface area contributed by atoms with E-state index in [1.54, 1.807) is 6.92 Å². The Morgan fingerprint density at radius 2 is 1.50 bits per heavy atom. The highest BCUT2D eigenvalue weighted by Crippen LogP contribution is 1.86. The van der Waals surface area contributed by atoms with Crippen molar-refractivity contribution in [2.45, 2.75) is 27.7 Å². The SMILES string of the molecule is C.CCOC(=O)CC(C)=O.N=C=O.N=C=O. The van der Waals surface area contributed by atoms with Crippen LogP contribution in [0.3, 0.4) is 0 Å². The summed E-state index contributed by atoms with van der Waals surface area (Å²) >= 11 is 0. The van der Waals surface area contributed by atoms with Gasteiger partial charge in [0.05, 0.1) is 6.61 Å². The molecule has 16 heavy (non-hydrogen) atoms. The number of esters is 1. The van der Waals surface area contributed by atoms with Gasteiger partial charge in [0.15, 0.2) is 0 Å². The van der Waals surface area contributed by atoms with E-state index in [0.29, 0.717) is 6.61 Å². The number of ether oxygens (including phenoxy) is 1. The fourth-order valence-electron chi connectivity index (χ4n) is 0.415. The molecule has 0 saturated heterocycles. The van der Waals surface area contributed by atoms with Crippen LogP contribution in [0.15, 0.2) is 0 Å². The van der Waals surface area contributed by atoms with Crippen molar-refractivity contribution in [3.8, 4) is 0 Å². The normalized spacial score (nSPS) is 5.88. The second-order valence-corrected chi connectivity index (χ2v) is 1.89. The van der Waals surface area contributed by atoms with Crippen molar-refractivity contribution in [3.05, 3.63) is 0 Å². The third kappa shape index (κ3) is 58.9.